The van der Waals surface area contributed by atoms with E-state index in [0.29, 0.717) is 44.5 Å². The van der Waals surface area contributed by atoms with E-state index in [9.17, 15) is 9.90 Å². The van der Waals surface area contributed by atoms with Crippen molar-refractivity contribution in [3.63, 3.8) is 0 Å². The van der Waals surface area contributed by atoms with E-state index in [1.807, 2.05) is 48.5 Å². The fourth-order valence-corrected chi connectivity index (χ4v) is 4.86. The van der Waals surface area contributed by atoms with E-state index < -0.39 is 5.97 Å². The number of aromatic nitrogens is 5. The van der Waals surface area contributed by atoms with Crippen LogP contribution in [0.1, 0.15) is 21.5 Å². The van der Waals surface area contributed by atoms with E-state index in [-0.39, 0.29) is 5.56 Å². The summed E-state index contributed by atoms with van der Waals surface area (Å²) in [4.78, 5) is 27.9. The molecule has 0 atom stereocenters. The Bertz CT molecular complexity index is 1910. The third-order valence-corrected chi connectivity index (χ3v) is 6.97. The first-order valence-corrected chi connectivity index (χ1v) is 13.0. The fourth-order valence-electron chi connectivity index (χ4n) is 4.60. The van der Waals surface area contributed by atoms with Gasteiger partial charge in [0.15, 0.2) is 0 Å². The number of hydrogen-bond acceptors (Lipinski definition) is 6. The smallest absolute Gasteiger partial charge is 0.336 e. The quantitative estimate of drug-likeness (QED) is 0.203. The lowest BCUT2D eigenvalue weighted by Crippen LogP contribution is -2.00. The Kier molecular flexibility index (Phi) is 6.78. The summed E-state index contributed by atoms with van der Waals surface area (Å²) in [6.07, 6.45) is 4.81. The highest BCUT2D eigenvalue weighted by Crippen LogP contribution is 2.36. The number of hydrogen-bond donors (Lipinski definition) is 2. The Labute approximate surface area is 239 Å². The first kappa shape index (κ1) is 26.0. The van der Waals surface area contributed by atoms with Crippen molar-refractivity contribution in [1.82, 2.24) is 24.7 Å². The van der Waals surface area contributed by atoms with Crippen molar-refractivity contribution in [1.29, 1.82) is 0 Å². The van der Waals surface area contributed by atoms with Gasteiger partial charge in [0.2, 0.25) is 5.88 Å². The minimum atomic E-state index is -1.02. The van der Waals surface area contributed by atoms with E-state index in [1.54, 1.807) is 49.4 Å². The van der Waals surface area contributed by atoms with Gasteiger partial charge in [-0.25, -0.2) is 19.4 Å². The zero-order valence-electron chi connectivity index (χ0n) is 22.0. The van der Waals surface area contributed by atoms with Gasteiger partial charge in [-0.2, -0.15) is 5.10 Å². The molecule has 0 radical (unpaired) electrons. The van der Waals surface area contributed by atoms with Crippen LogP contribution >= 0.6 is 11.6 Å². The van der Waals surface area contributed by atoms with Crippen molar-refractivity contribution in [2.45, 2.75) is 6.92 Å². The molecule has 10 heteroatoms. The van der Waals surface area contributed by atoms with Gasteiger partial charge in [-0.05, 0) is 53.9 Å². The molecule has 202 valence electrons. The molecule has 3 aromatic heterocycles. The molecule has 6 rings (SSSR count). The molecule has 0 amide bonds. The molecule has 0 spiro atoms. The molecular formula is C31H23ClN6O3. The van der Waals surface area contributed by atoms with E-state index in [2.05, 4.69) is 20.1 Å². The summed E-state index contributed by atoms with van der Waals surface area (Å²) in [5, 5.41) is 14.1. The second kappa shape index (κ2) is 10.7. The minimum Gasteiger partial charge on any atom is -0.478 e. The zero-order chi connectivity index (χ0) is 28.5. The standard InChI is InChI=1S/C31H23ClN6O3/c1-18-3-12-23(13-24(18)31(39)40)41-30-25(15-33-2)29-27(36-30)14-26(32)28(37-29)21-6-4-19(5-7-21)20-8-10-22(11-9-20)38-17-34-16-35-38/h3-17,36H,1-2H3,(H,39,40). The number of nitrogens with zero attached hydrogens (tertiary/aromatic N) is 5. The predicted octanol–water partition coefficient (Wildman–Crippen LogP) is 6.98. The molecule has 0 aliphatic heterocycles. The topological polar surface area (TPSA) is 118 Å². The van der Waals surface area contributed by atoms with Gasteiger partial charge in [-0.15, -0.1) is 0 Å². The predicted molar refractivity (Wildman–Crippen MR) is 159 cm³/mol. The van der Waals surface area contributed by atoms with Crippen LogP contribution in [0.5, 0.6) is 11.6 Å². The largest absolute Gasteiger partial charge is 0.478 e. The van der Waals surface area contributed by atoms with Crippen LogP contribution in [0, 0.1) is 6.92 Å². The average molecular weight is 563 g/mol. The Morgan fingerprint density at radius 3 is 2.39 bits per heavy atom. The first-order chi connectivity index (χ1) is 19.9. The van der Waals surface area contributed by atoms with Crippen LogP contribution in [-0.4, -0.2) is 49.1 Å². The van der Waals surface area contributed by atoms with Crippen LogP contribution in [0.3, 0.4) is 0 Å². The summed E-state index contributed by atoms with van der Waals surface area (Å²) < 4.78 is 7.78. The number of carboxylic acids is 1. The third-order valence-electron chi connectivity index (χ3n) is 6.68. The maximum Gasteiger partial charge on any atom is 0.336 e. The number of aryl methyl sites for hydroxylation is 1. The van der Waals surface area contributed by atoms with Crippen molar-refractivity contribution in [3.05, 3.63) is 107 Å². The number of aromatic carboxylic acids is 1. The number of ether oxygens (including phenoxy) is 1. The monoisotopic (exact) mass is 562 g/mol. The molecular weight excluding hydrogens is 540 g/mol. The molecule has 3 heterocycles. The third kappa shape index (κ3) is 5.06. The average Bonchev–Trinajstić information content (AvgIpc) is 3.63. The van der Waals surface area contributed by atoms with Crippen LogP contribution in [0.15, 0.2) is 90.4 Å². The van der Waals surface area contributed by atoms with Crippen molar-refractivity contribution < 1.29 is 14.6 Å². The van der Waals surface area contributed by atoms with Crippen molar-refractivity contribution in [2.24, 2.45) is 4.99 Å². The second-order valence-electron chi connectivity index (χ2n) is 9.32. The molecule has 41 heavy (non-hydrogen) atoms. The van der Waals surface area contributed by atoms with Crippen LogP contribution in [0.2, 0.25) is 5.02 Å². The SMILES string of the molecule is CN=Cc1c(Oc2ccc(C)c(C(=O)O)c2)[nH]c2cc(Cl)c(-c3ccc(-c4ccc(-n5cncn5)cc4)cc3)nc12. The summed E-state index contributed by atoms with van der Waals surface area (Å²) in [6.45, 7) is 1.74. The minimum absolute atomic E-state index is 0.169. The zero-order valence-corrected chi connectivity index (χ0v) is 22.8. The highest BCUT2D eigenvalue weighted by molar-refractivity contribution is 6.33. The van der Waals surface area contributed by atoms with Crippen LogP contribution in [0.25, 0.3) is 39.1 Å². The van der Waals surface area contributed by atoms with Crippen LogP contribution < -0.4 is 4.74 Å². The summed E-state index contributed by atoms with van der Waals surface area (Å²) in [5.74, 6) is -0.259. The Hall–Kier alpha value is -5.28. The number of carboxylic acid groups (broad SMARTS) is 1. The van der Waals surface area contributed by atoms with E-state index in [1.165, 1.54) is 12.4 Å². The second-order valence-corrected chi connectivity index (χ2v) is 9.73. The van der Waals surface area contributed by atoms with Gasteiger partial charge in [-0.3, -0.25) is 4.99 Å². The summed E-state index contributed by atoms with van der Waals surface area (Å²) in [6, 6.07) is 22.8. The van der Waals surface area contributed by atoms with E-state index in [0.717, 1.165) is 22.4 Å². The molecule has 0 fully saturated rings. The van der Waals surface area contributed by atoms with Gasteiger partial charge in [0.05, 0.1) is 33.0 Å². The van der Waals surface area contributed by atoms with Crippen LogP contribution in [0.4, 0.5) is 0 Å². The van der Waals surface area contributed by atoms with Crippen LogP contribution in [-0.2, 0) is 0 Å². The van der Waals surface area contributed by atoms with Crippen molar-refractivity contribution in [3.8, 4) is 39.7 Å². The molecule has 0 aliphatic carbocycles. The lowest BCUT2D eigenvalue weighted by Gasteiger charge is -2.08. The number of nitrogens with one attached hydrogen (secondary N) is 1. The maximum atomic E-state index is 11.6. The molecule has 3 aromatic carbocycles. The van der Waals surface area contributed by atoms with Gasteiger partial charge >= 0.3 is 5.97 Å². The highest BCUT2D eigenvalue weighted by atomic mass is 35.5. The Balaban J connectivity index is 1.33. The highest BCUT2D eigenvalue weighted by Gasteiger charge is 2.18. The van der Waals surface area contributed by atoms with E-state index in [4.69, 9.17) is 21.3 Å². The van der Waals surface area contributed by atoms with E-state index >= 15 is 0 Å². The number of benzene rings is 3. The number of halogens is 1. The van der Waals surface area contributed by atoms with Gasteiger partial charge in [0.1, 0.15) is 23.9 Å². The molecule has 0 unspecified atom stereocenters. The van der Waals surface area contributed by atoms with Gasteiger partial charge in [0, 0.05) is 18.8 Å². The lowest BCUT2D eigenvalue weighted by atomic mass is 10.0. The number of aliphatic imine (C=N–C) groups is 1. The molecule has 6 aromatic rings. The summed E-state index contributed by atoms with van der Waals surface area (Å²) in [7, 11) is 1.66. The normalized spacial score (nSPS) is 11.4. The number of pyridine rings is 1. The van der Waals surface area contributed by atoms with Gasteiger partial charge in [0.25, 0.3) is 0 Å². The lowest BCUT2D eigenvalue weighted by molar-refractivity contribution is 0.0695. The molecule has 0 saturated heterocycles. The number of rotatable bonds is 7. The van der Waals surface area contributed by atoms with Crippen molar-refractivity contribution >= 4 is 34.8 Å². The molecule has 2 N–H and O–H groups in total. The number of carbonyl (C=O) groups is 1. The summed E-state index contributed by atoms with van der Waals surface area (Å²) in [5.41, 5.74) is 7.24. The molecule has 0 saturated carbocycles. The maximum absolute atomic E-state index is 11.6. The van der Waals surface area contributed by atoms with Gasteiger partial charge < -0.3 is 14.8 Å². The van der Waals surface area contributed by atoms with Gasteiger partial charge in [-0.1, -0.05) is 54.1 Å². The molecule has 0 aliphatic rings. The number of fused-ring (bicyclic) bond motifs is 1. The van der Waals surface area contributed by atoms with Crippen molar-refractivity contribution in [2.75, 3.05) is 7.05 Å². The number of H-pyrrole nitrogens is 1. The fraction of sp³-hybridized carbons (Fsp3) is 0.0645. The molecule has 9 nitrogen and oxygen atoms in total. The number of aromatic amines is 1. The first-order valence-electron chi connectivity index (χ1n) is 12.6. The Morgan fingerprint density at radius 2 is 1.73 bits per heavy atom. The summed E-state index contributed by atoms with van der Waals surface area (Å²) >= 11 is 6.70. The Morgan fingerprint density at radius 1 is 1.02 bits per heavy atom. The molecule has 0 bridgehead atoms.